The van der Waals surface area contributed by atoms with E-state index >= 15 is 0 Å². The Hall–Kier alpha value is 0.137. The van der Waals surface area contributed by atoms with Crippen molar-refractivity contribution < 1.29 is 8.85 Å². The van der Waals surface area contributed by atoms with Crippen molar-refractivity contribution in [2.24, 2.45) is 10.8 Å². The zero-order valence-electron chi connectivity index (χ0n) is 14.5. The van der Waals surface area contributed by atoms with Crippen molar-refractivity contribution in [2.75, 3.05) is 14.2 Å². The Bertz CT molecular complexity index is 310. The number of rotatable bonds is 2. The van der Waals surface area contributed by atoms with Gasteiger partial charge in [0.2, 0.25) is 0 Å². The van der Waals surface area contributed by atoms with E-state index in [9.17, 15) is 0 Å². The Balaban J connectivity index is 3.41. The summed E-state index contributed by atoms with van der Waals surface area (Å²) in [5, 5.41) is 0.152. The van der Waals surface area contributed by atoms with Crippen LogP contribution in [0, 0.1) is 10.8 Å². The van der Waals surface area contributed by atoms with E-state index in [0.29, 0.717) is 5.54 Å². The van der Waals surface area contributed by atoms with Crippen molar-refractivity contribution in [3.8, 4) is 0 Å². The van der Waals surface area contributed by atoms with E-state index in [1.807, 2.05) is 14.2 Å². The molecule has 0 N–H and O–H groups in total. The monoisotopic (exact) mass is 286 g/mol. The van der Waals surface area contributed by atoms with E-state index < -0.39 is 8.56 Å². The molecule has 0 radical (unpaired) electrons. The first kappa shape index (κ1) is 17.2. The van der Waals surface area contributed by atoms with Gasteiger partial charge in [0, 0.05) is 24.8 Å². The van der Waals surface area contributed by atoms with E-state index in [1.54, 1.807) is 0 Å². The summed E-state index contributed by atoms with van der Waals surface area (Å²) in [7, 11) is 1.47. The molecule has 0 aromatic carbocycles. The fourth-order valence-electron chi connectivity index (χ4n) is 4.13. The fraction of sp³-hybridized carbons (Fsp3) is 1.00. The van der Waals surface area contributed by atoms with Crippen LogP contribution in [0.1, 0.15) is 67.7 Å². The number of hydrogen-bond acceptors (Lipinski definition) is 2. The molecule has 1 rings (SSSR count). The third-order valence-electron chi connectivity index (χ3n) is 5.70. The molecule has 0 saturated carbocycles. The van der Waals surface area contributed by atoms with Crippen LogP contribution in [-0.4, -0.2) is 22.8 Å². The lowest BCUT2D eigenvalue weighted by Crippen LogP contribution is -2.63. The van der Waals surface area contributed by atoms with Crippen LogP contribution in [0.15, 0.2) is 0 Å². The molecule has 0 aromatic heterocycles. The predicted molar refractivity (Wildman–Crippen MR) is 84.7 cm³/mol. The van der Waals surface area contributed by atoms with Crippen LogP contribution in [0.2, 0.25) is 10.6 Å². The molecule has 0 aliphatic carbocycles. The molecule has 0 bridgehead atoms. The molecule has 2 nitrogen and oxygen atoms in total. The predicted octanol–water partition coefficient (Wildman–Crippen LogP) is 5.13. The average Bonchev–Trinajstić information content (AvgIpc) is 2.26. The van der Waals surface area contributed by atoms with Gasteiger partial charge >= 0.3 is 8.56 Å². The smallest absolute Gasteiger partial charge is 0.348 e. The summed E-state index contributed by atoms with van der Waals surface area (Å²) in [4.78, 5) is 0. The second-order valence-corrected chi connectivity index (χ2v) is 12.4. The van der Waals surface area contributed by atoms with Gasteiger partial charge < -0.3 is 8.85 Å². The van der Waals surface area contributed by atoms with Crippen molar-refractivity contribution in [2.45, 2.75) is 78.3 Å². The summed E-state index contributed by atoms with van der Waals surface area (Å²) in [6.45, 7) is 16.5. The second kappa shape index (κ2) is 5.16. The topological polar surface area (TPSA) is 18.5 Å². The van der Waals surface area contributed by atoms with E-state index in [0.717, 1.165) is 0 Å². The molecule has 19 heavy (non-hydrogen) atoms. The molecular weight excluding hydrogens is 252 g/mol. The maximum Gasteiger partial charge on any atom is 0.348 e. The zero-order chi connectivity index (χ0) is 15.1. The molecular formula is C16H34O2Si. The first-order chi connectivity index (χ1) is 8.46. The highest BCUT2D eigenvalue weighted by atomic mass is 28.4. The van der Waals surface area contributed by atoms with Gasteiger partial charge in [-0.25, -0.2) is 0 Å². The molecule has 114 valence electrons. The Kier molecular flexibility index (Phi) is 4.67. The lowest BCUT2D eigenvalue weighted by Gasteiger charge is -2.59. The van der Waals surface area contributed by atoms with E-state index in [4.69, 9.17) is 8.85 Å². The maximum atomic E-state index is 6.23. The van der Waals surface area contributed by atoms with Crippen LogP contribution in [0.4, 0.5) is 0 Å². The first-order valence-corrected chi connectivity index (χ1v) is 9.46. The Morgan fingerprint density at radius 3 is 1.79 bits per heavy atom. The van der Waals surface area contributed by atoms with E-state index in [1.165, 1.54) is 19.3 Å². The SMILES string of the molecule is CO[Si]1(OC)C(C(C)(C)C)CCCC1(C)C(C)(C)C. The normalized spacial score (nSPS) is 32.4. The third-order valence-corrected chi connectivity index (χ3v) is 11.5. The first-order valence-electron chi connectivity index (χ1n) is 7.56. The summed E-state index contributed by atoms with van der Waals surface area (Å²) in [5.74, 6) is 0. The van der Waals surface area contributed by atoms with Gasteiger partial charge in [-0.2, -0.15) is 0 Å². The zero-order valence-corrected chi connectivity index (χ0v) is 15.5. The summed E-state index contributed by atoms with van der Waals surface area (Å²) < 4.78 is 12.5. The lowest BCUT2D eigenvalue weighted by molar-refractivity contribution is 0.0905. The molecule has 1 heterocycles. The van der Waals surface area contributed by atoms with Crippen molar-refractivity contribution >= 4 is 8.56 Å². The van der Waals surface area contributed by atoms with E-state index in [2.05, 4.69) is 48.5 Å². The van der Waals surface area contributed by atoms with Crippen LogP contribution in [0.25, 0.3) is 0 Å². The van der Waals surface area contributed by atoms with Gasteiger partial charge in [0.05, 0.1) is 0 Å². The van der Waals surface area contributed by atoms with Crippen LogP contribution >= 0.6 is 0 Å². The quantitative estimate of drug-likeness (QED) is 0.655. The third kappa shape index (κ3) is 2.54. The van der Waals surface area contributed by atoms with Gasteiger partial charge in [-0.3, -0.25) is 0 Å². The summed E-state index contributed by atoms with van der Waals surface area (Å²) in [6, 6.07) is 0. The maximum absolute atomic E-state index is 6.23. The van der Waals surface area contributed by atoms with Crippen LogP contribution in [0.3, 0.4) is 0 Å². The minimum atomic E-state index is -2.28. The Morgan fingerprint density at radius 1 is 1.00 bits per heavy atom. The number of hydrogen-bond donors (Lipinski definition) is 0. The van der Waals surface area contributed by atoms with Gasteiger partial charge in [-0.15, -0.1) is 0 Å². The molecule has 1 saturated heterocycles. The lowest BCUT2D eigenvalue weighted by atomic mass is 9.76. The highest BCUT2D eigenvalue weighted by Crippen LogP contribution is 2.66. The molecule has 1 aliphatic rings. The van der Waals surface area contributed by atoms with Gasteiger partial charge in [0.15, 0.2) is 0 Å². The molecule has 1 aliphatic heterocycles. The average molecular weight is 287 g/mol. The van der Waals surface area contributed by atoms with Gasteiger partial charge in [0.1, 0.15) is 0 Å². The summed E-state index contributed by atoms with van der Waals surface area (Å²) >= 11 is 0. The molecule has 0 aromatic rings. The molecule has 0 spiro atoms. The van der Waals surface area contributed by atoms with Crippen molar-refractivity contribution in [1.82, 2.24) is 0 Å². The van der Waals surface area contributed by atoms with Crippen molar-refractivity contribution in [1.29, 1.82) is 0 Å². The summed E-state index contributed by atoms with van der Waals surface area (Å²) in [6.07, 6.45) is 3.75. The minimum absolute atomic E-state index is 0.152. The van der Waals surface area contributed by atoms with Gasteiger partial charge in [-0.05, 0) is 23.7 Å². The van der Waals surface area contributed by atoms with Crippen molar-refractivity contribution in [3.63, 3.8) is 0 Å². The fourth-order valence-corrected chi connectivity index (χ4v) is 9.83. The molecule has 3 heteroatoms. The standard InChI is InChI=1S/C16H34O2Si/c1-14(2,3)13-11-10-12-16(7,15(4,5)6)19(13,17-8)18-9/h13H,10-12H2,1-9H3. The molecule has 2 unspecified atom stereocenters. The highest BCUT2D eigenvalue weighted by molar-refractivity contribution is 6.72. The highest BCUT2D eigenvalue weighted by Gasteiger charge is 2.66. The largest absolute Gasteiger partial charge is 0.397 e. The van der Waals surface area contributed by atoms with Gasteiger partial charge in [-0.1, -0.05) is 54.9 Å². The van der Waals surface area contributed by atoms with Crippen LogP contribution < -0.4 is 0 Å². The minimum Gasteiger partial charge on any atom is -0.397 e. The van der Waals surface area contributed by atoms with Crippen LogP contribution in [0.5, 0.6) is 0 Å². The second-order valence-electron chi connectivity index (χ2n) is 8.47. The van der Waals surface area contributed by atoms with Crippen molar-refractivity contribution in [3.05, 3.63) is 0 Å². The Morgan fingerprint density at radius 2 is 1.47 bits per heavy atom. The Labute approximate surface area is 121 Å². The molecule has 2 atom stereocenters. The molecule has 0 amide bonds. The van der Waals surface area contributed by atoms with E-state index in [-0.39, 0.29) is 15.9 Å². The van der Waals surface area contributed by atoms with Gasteiger partial charge in [0.25, 0.3) is 0 Å². The van der Waals surface area contributed by atoms with Crippen LogP contribution in [-0.2, 0) is 8.85 Å². The molecule has 1 fully saturated rings. The summed E-state index contributed by atoms with van der Waals surface area (Å²) in [5.41, 5.74) is 0.994.